The van der Waals surface area contributed by atoms with E-state index in [-0.39, 0.29) is 11.3 Å². The van der Waals surface area contributed by atoms with Crippen LogP contribution in [0.5, 0.6) is 0 Å². The summed E-state index contributed by atoms with van der Waals surface area (Å²) in [4.78, 5) is 11.4. The normalized spacial score (nSPS) is 10.5. The molecule has 0 unspecified atom stereocenters. The molecule has 0 aliphatic rings. The summed E-state index contributed by atoms with van der Waals surface area (Å²) >= 11 is 0. The number of rotatable bonds is 2. The van der Waals surface area contributed by atoms with Gasteiger partial charge in [0.05, 0.1) is 11.1 Å². The molecule has 1 heterocycles. The topological polar surface area (TPSA) is 45.8 Å². The molecule has 0 spiro atoms. The lowest BCUT2D eigenvalue weighted by Crippen LogP contribution is -1.95. The van der Waals surface area contributed by atoms with E-state index in [9.17, 15) is 9.18 Å². The molecule has 1 aromatic heterocycles. The van der Waals surface area contributed by atoms with Crippen LogP contribution in [0.25, 0.3) is 16.6 Å². The van der Waals surface area contributed by atoms with Crippen molar-refractivity contribution in [2.24, 2.45) is 0 Å². The molecule has 0 amide bonds. The van der Waals surface area contributed by atoms with Crippen molar-refractivity contribution in [2.45, 2.75) is 6.92 Å². The molecular weight excluding hydrogens is 267 g/mol. The van der Waals surface area contributed by atoms with Gasteiger partial charge in [-0.05, 0) is 49.4 Å². The maximum Gasteiger partial charge on any atom is 0.159 e. The first-order valence-electron chi connectivity index (χ1n) is 6.42. The van der Waals surface area contributed by atoms with Crippen molar-refractivity contribution in [3.05, 3.63) is 65.6 Å². The Balaban J connectivity index is 2.15. The minimum atomic E-state index is -0.544. The monoisotopic (exact) mass is 278 g/mol. The number of benzene rings is 2. The van der Waals surface area contributed by atoms with Crippen LogP contribution in [0.2, 0.25) is 0 Å². The summed E-state index contributed by atoms with van der Waals surface area (Å²) in [5.41, 5.74) is 2.18. The van der Waals surface area contributed by atoms with Gasteiger partial charge in [0, 0.05) is 22.8 Å². The summed E-state index contributed by atoms with van der Waals surface area (Å²) in [5.74, 6) is -0.536. The van der Waals surface area contributed by atoms with Crippen molar-refractivity contribution in [3.63, 3.8) is 0 Å². The van der Waals surface area contributed by atoms with Crippen LogP contribution in [0.4, 0.5) is 4.39 Å². The van der Waals surface area contributed by atoms with E-state index in [1.54, 1.807) is 18.2 Å². The molecular formula is C17H11FN2O. The quantitative estimate of drug-likeness (QED) is 0.668. The lowest BCUT2D eigenvalue weighted by molar-refractivity contribution is 0.101. The lowest BCUT2D eigenvalue weighted by atomic mass is 10.1. The molecule has 0 atom stereocenters. The van der Waals surface area contributed by atoms with Crippen molar-refractivity contribution in [3.8, 4) is 11.8 Å². The second kappa shape index (κ2) is 4.88. The molecule has 0 fully saturated rings. The number of carbonyl (C=O) groups excluding carboxylic acids is 1. The number of Topliss-reactive ketones (excluding diaryl/α,β-unsaturated/α-hetero) is 1. The zero-order chi connectivity index (χ0) is 15.0. The lowest BCUT2D eigenvalue weighted by Gasteiger charge is -2.06. The van der Waals surface area contributed by atoms with Gasteiger partial charge >= 0.3 is 0 Å². The van der Waals surface area contributed by atoms with Crippen molar-refractivity contribution < 1.29 is 9.18 Å². The largest absolute Gasteiger partial charge is 0.316 e. The molecule has 3 aromatic rings. The van der Waals surface area contributed by atoms with Gasteiger partial charge in [-0.25, -0.2) is 4.39 Å². The molecule has 21 heavy (non-hydrogen) atoms. The number of ketones is 1. The Morgan fingerprint density at radius 1 is 1.19 bits per heavy atom. The van der Waals surface area contributed by atoms with Gasteiger partial charge in [0.2, 0.25) is 0 Å². The van der Waals surface area contributed by atoms with E-state index in [1.165, 1.54) is 19.1 Å². The van der Waals surface area contributed by atoms with E-state index in [0.29, 0.717) is 11.3 Å². The summed E-state index contributed by atoms with van der Waals surface area (Å²) in [5, 5.41) is 9.68. The van der Waals surface area contributed by atoms with Crippen LogP contribution in [0.1, 0.15) is 22.8 Å². The number of carbonyl (C=O) groups is 1. The Labute approximate surface area is 120 Å². The second-order valence-electron chi connectivity index (χ2n) is 4.79. The van der Waals surface area contributed by atoms with E-state index in [4.69, 9.17) is 5.26 Å². The van der Waals surface area contributed by atoms with Crippen molar-refractivity contribution in [1.82, 2.24) is 4.57 Å². The molecule has 4 heteroatoms. The summed E-state index contributed by atoms with van der Waals surface area (Å²) in [6.07, 6.45) is 1.81. The predicted molar refractivity (Wildman–Crippen MR) is 78.0 cm³/mol. The van der Waals surface area contributed by atoms with Crippen molar-refractivity contribution in [2.75, 3.05) is 0 Å². The Morgan fingerprint density at radius 2 is 2.00 bits per heavy atom. The predicted octanol–water partition coefficient (Wildman–Crippen LogP) is 3.84. The maximum absolute atomic E-state index is 13.7. The fourth-order valence-corrected chi connectivity index (χ4v) is 2.33. The zero-order valence-corrected chi connectivity index (χ0v) is 11.3. The Kier molecular flexibility index (Phi) is 3.03. The molecule has 0 aliphatic carbocycles. The Bertz CT molecular complexity index is 903. The van der Waals surface area contributed by atoms with Crippen LogP contribution in [0.15, 0.2) is 48.7 Å². The standard InChI is InChI=1S/C17H11FN2O/c1-11(21)12-3-5-17-13(8-12)6-7-20(17)15-4-2-14(10-19)16(18)9-15/h2-9H,1H3. The van der Waals surface area contributed by atoms with Crippen molar-refractivity contribution >= 4 is 16.7 Å². The van der Waals surface area contributed by atoms with Gasteiger partial charge in [-0.3, -0.25) is 4.79 Å². The number of nitriles is 1. The van der Waals surface area contributed by atoms with E-state index in [2.05, 4.69) is 0 Å². The zero-order valence-electron chi connectivity index (χ0n) is 11.3. The molecule has 0 radical (unpaired) electrons. The SMILES string of the molecule is CC(=O)c1ccc2c(ccn2-c2ccc(C#N)c(F)c2)c1. The average Bonchev–Trinajstić information content (AvgIpc) is 2.90. The third-order valence-electron chi connectivity index (χ3n) is 3.45. The molecule has 0 bridgehead atoms. The highest BCUT2D eigenvalue weighted by Gasteiger charge is 2.08. The molecule has 3 nitrogen and oxygen atoms in total. The summed E-state index contributed by atoms with van der Waals surface area (Å²) in [6.45, 7) is 1.52. The fraction of sp³-hybridized carbons (Fsp3) is 0.0588. The first kappa shape index (κ1) is 13.1. The molecule has 3 rings (SSSR count). The van der Waals surface area contributed by atoms with Crippen LogP contribution in [-0.4, -0.2) is 10.4 Å². The van der Waals surface area contributed by atoms with Crippen LogP contribution >= 0.6 is 0 Å². The smallest absolute Gasteiger partial charge is 0.159 e. The number of hydrogen-bond acceptors (Lipinski definition) is 2. The minimum Gasteiger partial charge on any atom is -0.316 e. The van der Waals surface area contributed by atoms with Crippen LogP contribution in [0, 0.1) is 17.1 Å². The molecule has 0 saturated heterocycles. The van der Waals surface area contributed by atoms with E-state index >= 15 is 0 Å². The molecule has 0 aliphatic heterocycles. The molecule has 0 N–H and O–H groups in total. The Morgan fingerprint density at radius 3 is 2.67 bits per heavy atom. The van der Waals surface area contributed by atoms with E-state index in [1.807, 2.05) is 29.0 Å². The third kappa shape index (κ3) is 2.19. The summed E-state index contributed by atoms with van der Waals surface area (Å²) in [6, 6.07) is 13.6. The van der Waals surface area contributed by atoms with Crippen molar-refractivity contribution in [1.29, 1.82) is 5.26 Å². The maximum atomic E-state index is 13.7. The number of halogens is 1. The summed E-state index contributed by atoms with van der Waals surface area (Å²) < 4.78 is 15.6. The molecule has 102 valence electrons. The van der Waals surface area contributed by atoms with Gasteiger partial charge in [-0.15, -0.1) is 0 Å². The van der Waals surface area contributed by atoms with Gasteiger partial charge in [-0.1, -0.05) is 0 Å². The molecule has 0 saturated carbocycles. The average molecular weight is 278 g/mol. The Hall–Kier alpha value is -2.93. The van der Waals surface area contributed by atoms with Crippen LogP contribution in [0.3, 0.4) is 0 Å². The fourth-order valence-electron chi connectivity index (χ4n) is 2.33. The van der Waals surface area contributed by atoms with Gasteiger partial charge < -0.3 is 4.57 Å². The van der Waals surface area contributed by atoms with Gasteiger partial charge in [0.25, 0.3) is 0 Å². The number of fused-ring (bicyclic) bond motifs is 1. The van der Waals surface area contributed by atoms with Crippen LogP contribution < -0.4 is 0 Å². The highest BCUT2D eigenvalue weighted by atomic mass is 19.1. The van der Waals surface area contributed by atoms with E-state index in [0.717, 1.165) is 10.9 Å². The first-order chi connectivity index (χ1) is 10.1. The highest BCUT2D eigenvalue weighted by Crippen LogP contribution is 2.23. The number of aromatic nitrogens is 1. The third-order valence-corrected chi connectivity index (χ3v) is 3.45. The van der Waals surface area contributed by atoms with Gasteiger partial charge in [-0.2, -0.15) is 5.26 Å². The summed E-state index contributed by atoms with van der Waals surface area (Å²) in [7, 11) is 0. The molecule has 2 aromatic carbocycles. The van der Waals surface area contributed by atoms with Gasteiger partial charge in [0.15, 0.2) is 5.78 Å². The van der Waals surface area contributed by atoms with Crippen LogP contribution in [-0.2, 0) is 0 Å². The van der Waals surface area contributed by atoms with Gasteiger partial charge in [0.1, 0.15) is 11.9 Å². The number of nitrogens with zero attached hydrogens (tertiary/aromatic N) is 2. The highest BCUT2D eigenvalue weighted by molar-refractivity contribution is 5.98. The second-order valence-corrected chi connectivity index (χ2v) is 4.79. The van der Waals surface area contributed by atoms with E-state index < -0.39 is 5.82 Å². The first-order valence-corrected chi connectivity index (χ1v) is 6.42. The number of hydrogen-bond donors (Lipinski definition) is 0. The minimum absolute atomic E-state index is 0.00840.